The van der Waals surface area contributed by atoms with E-state index in [1.54, 1.807) is 31.4 Å². The number of halogens is 2. The third kappa shape index (κ3) is 3.80. The number of ether oxygens (including phenoxy) is 2. The predicted octanol–water partition coefficient (Wildman–Crippen LogP) is 3.98. The number of methoxy groups -OCH3 is 1. The first-order valence-corrected chi connectivity index (χ1v) is 6.70. The zero-order valence-corrected chi connectivity index (χ0v) is 12.2. The van der Waals surface area contributed by atoms with Gasteiger partial charge in [-0.25, -0.2) is 4.39 Å². The van der Waals surface area contributed by atoms with Crippen LogP contribution in [0.2, 0.25) is 5.02 Å². The predicted molar refractivity (Wildman–Crippen MR) is 79.6 cm³/mol. The molecule has 21 heavy (non-hydrogen) atoms. The van der Waals surface area contributed by atoms with Crippen molar-refractivity contribution in [3.63, 3.8) is 0 Å². The van der Waals surface area contributed by atoms with E-state index in [1.165, 1.54) is 12.1 Å². The van der Waals surface area contributed by atoms with Gasteiger partial charge in [0, 0.05) is 12.7 Å². The summed E-state index contributed by atoms with van der Waals surface area (Å²) < 4.78 is 24.0. The smallest absolute Gasteiger partial charge is 0.150 e. The van der Waals surface area contributed by atoms with E-state index in [1.807, 2.05) is 0 Å². The van der Waals surface area contributed by atoms with Gasteiger partial charge in [0.05, 0.1) is 11.6 Å². The van der Waals surface area contributed by atoms with Crippen LogP contribution < -0.4 is 4.74 Å². The minimum absolute atomic E-state index is 0.0407. The summed E-state index contributed by atoms with van der Waals surface area (Å²) in [6, 6.07) is 9.43. The van der Waals surface area contributed by atoms with Crippen LogP contribution in [0.15, 0.2) is 36.4 Å². The Hall–Kier alpha value is -1.91. The van der Waals surface area contributed by atoms with E-state index in [4.69, 9.17) is 21.1 Å². The van der Waals surface area contributed by atoms with Crippen LogP contribution in [-0.2, 0) is 4.74 Å². The van der Waals surface area contributed by atoms with Crippen molar-refractivity contribution in [3.8, 4) is 16.9 Å². The van der Waals surface area contributed by atoms with Crippen LogP contribution in [0.25, 0.3) is 11.1 Å². The molecule has 2 rings (SSSR count). The van der Waals surface area contributed by atoms with Gasteiger partial charge in [-0.05, 0) is 41.5 Å². The summed E-state index contributed by atoms with van der Waals surface area (Å²) in [4.78, 5) is 11.1. The Morgan fingerprint density at radius 3 is 2.67 bits per heavy atom. The summed E-state index contributed by atoms with van der Waals surface area (Å²) in [5.41, 5.74) is 1.61. The molecule has 110 valence electrons. The van der Waals surface area contributed by atoms with Crippen molar-refractivity contribution in [2.75, 3.05) is 20.3 Å². The van der Waals surface area contributed by atoms with E-state index in [0.717, 1.165) is 6.29 Å². The first-order chi connectivity index (χ1) is 10.2. The molecule has 0 heterocycles. The van der Waals surface area contributed by atoms with Crippen molar-refractivity contribution in [2.24, 2.45) is 0 Å². The number of hydrogen-bond acceptors (Lipinski definition) is 3. The highest BCUT2D eigenvalue weighted by Gasteiger charge is 2.09. The Morgan fingerprint density at radius 2 is 2.00 bits per heavy atom. The lowest BCUT2D eigenvalue weighted by Gasteiger charge is -2.10. The van der Waals surface area contributed by atoms with Gasteiger partial charge in [0.1, 0.15) is 18.2 Å². The SMILES string of the molecule is COCCOc1ccc(C=O)c(-c2ccc(Cl)c(F)c2)c1. The molecule has 0 amide bonds. The molecule has 0 aromatic heterocycles. The van der Waals surface area contributed by atoms with E-state index in [-0.39, 0.29) is 5.02 Å². The fourth-order valence-corrected chi connectivity index (χ4v) is 2.00. The summed E-state index contributed by atoms with van der Waals surface area (Å²) in [5, 5.41) is 0.0407. The highest BCUT2D eigenvalue weighted by atomic mass is 35.5. The Labute approximate surface area is 127 Å². The van der Waals surface area contributed by atoms with E-state index in [0.29, 0.717) is 35.7 Å². The Balaban J connectivity index is 2.37. The summed E-state index contributed by atoms with van der Waals surface area (Å²) in [7, 11) is 1.58. The number of carbonyl (C=O) groups is 1. The standard InChI is InChI=1S/C16H14ClFO3/c1-20-6-7-21-13-4-2-12(10-19)14(9-13)11-3-5-15(17)16(18)8-11/h2-5,8-10H,6-7H2,1H3. The van der Waals surface area contributed by atoms with Crippen LogP contribution in [-0.4, -0.2) is 26.6 Å². The lowest BCUT2D eigenvalue weighted by atomic mass is 10.00. The highest BCUT2D eigenvalue weighted by Crippen LogP contribution is 2.29. The first kappa shape index (κ1) is 15.5. The topological polar surface area (TPSA) is 35.5 Å². The summed E-state index contributed by atoms with van der Waals surface area (Å²) in [5.74, 6) is 0.0553. The van der Waals surface area contributed by atoms with Gasteiger partial charge in [0.15, 0.2) is 6.29 Å². The molecular weight excluding hydrogens is 295 g/mol. The molecule has 0 radical (unpaired) electrons. The number of rotatable bonds is 6. The maximum atomic E-state index is 13.6. The molecule has 0 saturated carbocycles. The molecule has 0 saturated heterocycles. The second kappa shape index (κ2) is 7.20. The lowest BCUT2D eigenvalue weighted by Crippen LogP contribution is -2.04. The molecule has 0 spiro atoms. The monoisotopic (exact) mass is 308 g/mol. The van der Waals surface area contributed by atoms with Gasteiger partial charge in [0.25, 0.3) is 0 Å². The van der Waals surface area contributed by atoms with Crippen molar-refractivity contribution in [2.45, 2.75) is 0 Å². The molecule has 0 aliphatic carbocycles. The molecule has 0 aliphatic rings. The Morgan fingerprint density at radius 1 is 1.19 bits per heavy atom. The lowest BCUT2D eigenvalue weighted by molar-refractivity contribution is 0.112. The average Bonchev–Trinajstić information content (AvgIpc) is 2.50. The minimum Gasteiger partial charge on any atom is -0.491 e. The second-order valence-corrected chi connectivity index (χ2v) is 4.74. The van der Waals surface area contributed by atoms with Crippen LogP contribution in [0.4, 0.5) is 4.39 Å². The van der Waals surface area contributed by atoms with Crippen LogP contribution in [0.3, 0.4) is 0 Å². The van der Waals surface area contributed by atoms with Crippen molar-refractivity contribution in [3.05, 3.63) is 52.8 Å². The van der Waals surface area contributed by atoms with Crippen LogP contribution in [0, 0.1) is 5.82 Å². The van der Waals surface area contributed by atoms with E-state index < -0.39 is 5.82 Å². The zero-order chi connectivity index (χ0) is 15.2. The molecule has 5 heteroatoms. The van der Waals surface area contributed by atoms with Gasteiger partial charge in [-0.2, -0.15) is 0 Å². The molecule has 2 aromatic carbocycles. The molecular formula is C16H14ClFO3. The molecule has 0 N–H and O–H groups in total. The molecule has 0 bridgehead atoms. The highest BCUT2D eigenvalue weighted by molar-refractivity contribution is 6.30. The molecule has 0 unspecified atom stereocenters. The largest absolute Gasteiger partial charge is 0.491 e. The molecule has 3 nitrogen and oxygen atoms in total. The fourth-order valence-electron chi connectivity index (χ4n) is 1.88. The summed E-state index contributed by atoms with van der Waals surface area (Å²) in [6.45, 7) is 0.853. The molecule has 0 fully saturated rings. The van der Waals surface area contributed by atoms with Crippen LogP contribution in [0.1, 0.15) is 10.4 Å². The van der Waals surface area contributed by atoms with Gasteiger partial charge in [-0.3, -0.25) is 4.79 Å². The number of aldehydes is 1. The van der Waals surface area contributed by atoms with Gasteiger partial charge in [-0.15, -0.1) is 0 Å². The van der Waals surface area contributed by atoms with Crippen LogP contribution in [0.5, 0.6) is 5.75 Å². The number of hydrogen-bond donors (Lipinski definition) is 0. The number of carbonyl (C=O) groups excluding carboxylic acids is 1. The fraction of sp³-hybridized carbons (Fsp3) is 0.188. The van der Waals surface area contributed by atoms with E-state index in [9.17, 15) is 9.18 Å². The maximum absolute atomic E-state index is 13.6. The van der Waals surface area contributed by atoms with Gasteiger partial charge in [-0.1, -0.05) is 17.7 Å². The van der Waals surface area contributed by atoms with Gasteiger partial charge < -0.3 is 9.47 Å². The van der Waals surface area contributed by atoms with Gasteiger partial charge in [0.2, 0.25) is 0 Å². The summed E-state index contributed by atoms with van der Waals surface area (Å²) in [6.07, 6.45) is 0.723. The first-order valence-electron chi connectivity index (χ1n) is 6.32. The minimum atomic E-state index is -0.531. The van der Waals surface area contributed by atoms with E-state index in [2.05, 4.69) is 0 Å². The number of benzene rings is 2. The Bertz CT molecular complexity index is 643. The van der Waals surface area contributed by atoms with Crippen molar-refractivity contribution < 1.29 is 18.7 Å². The second-order valence-electron chi connectivity index (χ2n) is 4.34. The Kier molecular flexibility index (Phi) is 5.31. The zero-order valence-electron chi connectivity index (χ0n) is 11.4. The molecule has 2 aromatic rings. The quantitative estimate of drug-likeness (QED) is 0.598. The maximum Gasteiger partial charge on any atom is 0.150 e. The van der Waals surface area contributed by atoms with Crippen molar-refractivity contribution in [1.82, 2.24) is 0 Å². The molecule has 0 aliphatic heterocycles. The van der Waals surface area contributed by atoms with Gasteiger partial charge >= 0.3 is 0 Å². The third-order valence-corrected chi connectivity index (χ3v) is 3.25. The normalized spacial score (nSPS) is 10.4. The average molecular weight is 309 g/mol. The van der Waals surface area contributed by atoms with Crippen molar-refractivity contribution >= 4 is 17.9 Å². The molecule has 0 atom stereocenters. The summed E-state index contributed by atoms with van der Waals surface area (Å²) >= 11 is 5.67. The third-order valence-electron chi connectivity index (χ3n) is 2.94. The van der Waals surface area contributed by atoms with E-state index >= 15 is 0 Å². The van der Waals surface area contributed by atoms with Crippen molar-refractivity contribution in [1.29, 1.82) is 0 Å². The van der Waals surface area contributed by atoms with Crippen LogP contribution >= 0.6 is 11.6 Å².